The van der Waals surface area contributed by atoms with E-state index in [2.05, 4.69) is 16.0 Å². The third-order valence-electron chi connectivity index (χ3n) is 4.61. The molecule has 9 nitrogen and oxygen atoms in total. The fourth-order valence-corrected chi connectivity index (χ4v) is 2.93. The smallest absolute Gasteiger partial charge is 0.408 e. The van der Waals surface area contributed by atoms with Crippen LogP contribution in [0.15, 0.2) is 30.3 Å². The lowest BCUT2D eigenvalue weighted by molar-refractivity contribution is -0.140. The van der Waals surface area contributed by atoms with E-state index in [1.165, 1.54) is 0 Å². The number of carbonyl (C=O) groups excluding carboxylic acids is 4. The van der Waals surface area contributed by atoms with E-state index in [0.29, 0.717) is 19.6 Å². The van der Waals surface area contributed by atoms with Crippen LogP contribution in [0.3, 0.4) is 0 Å². The summed E-state index contributed by atoms with van der Waals surface area (Å²) >= 11 is 0. The molecule has 0 aliphatic carbocycles. The molecule has 1 fully saturated rings. The number of ketones is 1. The van der Waals surface area contributed by atoms with Crippen molar-refractivity contribution in [1.82, 2.24) is 16.0 Å². The van der Waals surface area contributed by atoms with Crippen molar-refractivity contribution in [3.8, 4) is 0 Å². The van der Waals surface area contributed by atoms with Gasteiger partial charge in [0.2, 0.25) is 11.7 Å². The highest BCUT2D eigenvalue weighted by Gasteiger charge is 2.31. The first-order valence-corrected chi connectivity index (χ1v) is 10.1. The van der Waals surface area contributed by atoms with Gasteiger partial charge in [0.05, 0.1) is 12.6 Å². The molecule has 164 valence electrons. The Morgan fingerprint density at radius 1 is 1.20 bits per heavy atom. The highest BCUT2D eigenvalue weighted by Crippen LogP contribution is 2.08. The van der Waals surface area contributed by atoms with Crippen molar-refractivity contribution in [2.24, 2.45) is 5.92 Å². The first kappa shape index (κ1) is 23.3. The lowest BCUT2D eigenvalue weighted by Crippen LogP contribution is -2.55. The van der Waals surface area contributed by atoms with E-state index in [1.807, 2.05) is 30.3 Å². The van der Waals surface area contributed by atoms with Crippen LogP contribution < -0.4 is 16.0 Å². The summed E-state index contributed by atoms with van der Waals surface area (Å²) in [6.07, 6.45) is 0.0422. The summed E-state index contributed by atoms with van der Waals surface area (Å²) in [6.45, 7) is 4.58. The normalized spacial score (nSPS) is 18.8. The van der Waals surface area contributed by atoms with Crippen LogP contribution in [-0.4, -0.2) is 55.5 Å². The Kier molecular flexibility index (Phi) is 9.27. The van der Waals surface area contributed by atoms with Gasteiger partial charge in [-0.15, -0.1) is 0 Å². The molecular weight excluding hydrogens is 390 g/mol. The maximum atomic E-state index is 12.8. The molecule has 1 aliphatic heterocycles. The van der Waals surface area contributed by atoms with Crippen LogP contribution >= 0.6 is 0 Å². The monoisotopic (exact) mass is 419 g/mol. The van der Waals surface area contributed by atoms with Crippen LogP contribution in [0.1, 0.15) is 32.3 Å². The fraction of sp³-hybridized carbons (Fsp3) is 0.524. The first-order valence-electron chi connectivity index (χ1n) is 10.1. The summed E-state index contributed by atoms with van der Waals surface area (Å²) in [5, 5.41) is 7.61. The third-order valence-corrected chi connectivity index (χ3v) is 4.61. The van der Waals surface area contributed by atoms with Gasteiger partial charge in [-0.25, -0.2) is 4.79 Å². The molecule has 1 aromatic rings. The van der Waals surface area contributed by atoms with Crippen LogP contribution in [0.5, 0.6) is 0 Å². The van der Waals surface area contributed by atoms with Crippen molar-refractivity contribution < 1.29 is 28.7 Å². The molecule has 0 spiro atoms. The summed E-state index contributed by atoms with van der Waals surface area (Å²) in [6, 6.07) is 7.25. The molecule has 3 N–H and O–H groups in total. The molecule has 3 amide bonds. The second-order valence-corrected chi connectivity index (χ2v) is 7.36. The van der Waals surface area contributed by atoms with Crippen molar-refractivity contribution in [3.63, 3.8) is 0 Å². The molecule has 2 atom stereocenters. The molecule has 1 saturated heterocycles. The topological polar surface area (TPSA) is 123 Å². The standard InChI is InChI=1S/C21H29N3O6/c1-14(2)17(24-21(28)30-13-15-7-4-3-5-8-15)19(26)23-16-9-6-11-29-12-10-22-20(27)18(16)25/h3-5,7-8,14,16-17H,6,9-13H2,1-2H3,(H,22,27)(H,23,26)(H,24,28). The summed E-state index contributed by atoms with van der Waals surface area (Å²) in [7, 11) is 0. The minimum absolute atomic E-state index is 0.0698. The SMILES string of the molecule is CC(C)C(NC(=O)OCc1ccccc1)C(=O)NC1CCCOCCNC(=O)C1=O. The van der Waals surface area contributed by atoms with Gasteiger partial charge in [0.15, 0.2) is 0 Å². The highest BCUT2D eigenvalue weighted by molar-refractivity contribution is 6.38. The van der Waals surface area contributed by atoms with Crippen molar-refractivity contribution in [3.05, 3.63) is 35.9 Å². The van der Waals surface area contributed by atoms with Gasteiger partial charge in [-0.2, -0.15) is 0 Å². The average Bonchev–Trinajstić information content (AvgIpc) is 2.73. The number of alkyl carbamates (subject to hydrolysis) is 1. The number of hydrogen-bond donors (Lipinski definition) is 3. The minimum atomic E-state index is -0.984. The zero-order chi connectivity index (χ0) is 21.9. The van der Waals surface area contributed by atoms with Gasteiger partial charge in [0.25, 0.3) is 5.91 Å². The van der Waals surface area contributed by atoms with E-state index in [1.54, 1.807) is 13.8 Å². The molecule has 0 bridgehead atoms. The van der Waals surface area contributed by atoms with Gasteiger partial charge in [0.1, 0.15) is 12.6 Å². The molecular formula is C21H29N3O6. The van der Waals surface area contributed by atoms with Crippen LogP contribution in [0.25, 0.3) is 0 Å². The molecule has 0 radical (unpaired) electrons. The Labute approximate surface area is 175 Å². The van der Waals surface area contributed by atoms with Gasteiger partial charge in [-0.05, 0) is 24.3 Å². The zero-order valence-corrected chi connectivity index (χ0v) is 17.3. The van der Waals surface area contributed by atoms with Gasteiger partial charge >= 0.3 is 6.09 Å². The quantitative estimate of drug-likeness (QED) is 0.589. The Morgan fingerprint density at radius 3 is 2.63 bits per heavy atom. The molecule has 1 heterocycles. The highest BCUT2D eigenvalue weighted by atomic mass is 16.5. The Morgan fingerprint density at radius 2 is 1.93 bits per heavy atom. The maximum absolute atomic E-state index is 12.8. The van der Waals surface area contributed by atoms with Gasteiger partial charge < -0.3 is 25.4 Å². The Balaban J connectivity index is 1.96. The number of hydrogen-bond acceptors (Lipinski definition) is 6. The van der Waals surface area contributed by atoms with E-state index >= 15 is 0 Å². The zero-order valence-electron chi connectivity index (χ0n) is 17.3. The van der Waals surface area contributed by atoms with Crippen LogP contribution in [0.2, 0.25) is 0 Å². The van der Waals surface area contributed by atoms with E-state index in [9.17, 15) is 19.2 Å². The number of rotatable bonds is 6. The van der Waals surface area contributed by atoms with Gasteiger partial charge in [-0.1, -0.05) is 44.2 Å². The molecule has 1 aromatic carbocycles. The molecule has 30 heavy (non-hydrogen) atoms. The number of carbonyl (C=O) groups is 4. The lowest BCUT2D eigenvalue weighted by Gasteiger charge is -2.25. The molecule has 1 aliphatic rings. The summed E-state index contributed by atoms with van der Waals surface area (Å²) in [4.78, 5) is 49.3. The number of amides is 3. The molecule has 9 heteroatoms. The largest absolute Gasteiger partial charge is 0.445 e. The third kappa shape index (κ3) is 7.47. The Bertz CT molecular complexity index is 738. The molecule has 2 unspecified atom stereocenters. The maximum Gasteiger partial charge on any atom is 0.408 e. The second kappa shape index (κ2) is 11.9. The van der Waals surface area contributed by atoms with E-state index < -0.39 is 35.8 Å². The van der Waals surface area contributed by atoms with Crippen molar-refractivity contribution >= 4 is 23.7 Å². The van der Waals surface area contributed by atoms with Crippen molar-refractivity contribution in [2.75, 3.05) is 19.8 Å². The predicted molar refractivity (Wildman–Crippen MR) is 108 cm³/mol. The molecule has 2 rings (SSSR count). The lowest BCUT2D eigenvalue weighted by atomic mass is 10.0. The number of nitrogens with one attached hydrogen (secondary N) is 3. The van der Waals surface area contributed by atoms with Crippen molar-refractivity contribution in [1.29, 1.82) is 0 Å². The van der Waals surface area contributed by atoms with Crippen LogP contribution in [-0.2, 0) is 30.5 Å². The van der Waals surface area contributed by atoms with E-state index in [-0.39, 0.29) is 25.5 Å². The summed E-state index contributed by atoms with van der Waals surface area (Å²) < 4.78 is 10.5. The van der Waals surface area contributed by atoms with Crippen LogP contribution in [0, 0.1) is 5.92 Å². The average molecular weight is 419 g/mol. The fourth-order valence-electron chi connectivity index (χ4n) is 2.93. The molecule has 0 saturated carbocycles. The van der Waals surface area contributed by atoms with Gasteiger partial charge in [-0.3, -0.25) is 14.4 Å². The van der Waals surface area contributed by atoms with Crippen LogP contribution in [0.4, 0.5) is 4.79 Å². The number of Topliss-reactive ketones (excluding diaryl/α,β-unsaturated/α-hetero) is 1. The summed E-state index contributed by atoms with van der Waals surface area (Å²) in [5.74, 6) is -2.28. The Hall–Kier alpha value is -2.94. The van der Waals surface area contributed by atoms with Gasteiger partial charge in [0, 0.05) is 13.2 Å². The van der Waals surface area contributed by atoms with Crippen molar-refractivity contribution in [2.45, 2.75) is 45.4 Å². The van der Waals surface area contributed by atoms with E-state index in [0.717, 1.165) is 5.56 Å². The number of benzene rings is 1. The predicted octanol–water partition coefficient (Wildman–Crippen LogP) is 0.918. The minimum Gasteiger partial charge on any atom is -0.445 e. The number of ether oxygens (including phenoxy) is 2. The second-order valence-electron chi connectivity index (χ2n) is 7.36. The molecule has 0 aromatic heterocycles. The van der Waals surface area contributed by atoms with E-state index in [4.69, 9.17) is 9.47 Å². The summed E-state index contributed by atoms with van der Waals surface area (Å²) in [5.41, 5.74) is 0.818. The first-order chi connectivity index (χ1) is 14.4.